The molecule has 0 amide bonds. The number of aromatic nitrogens is 3. The Hall–Kier alpha value is -2.45. The molecule has 0 fully saturated rings. The number of thioether (sulfide) groups is 1. The summed E-state index contributed by atoms with van der Waals surface area (Å²) in [7, 11) is 0. The van der Waals surface area contributed by atoms with Crippen LogP contribution in [0.4, 0.5) is 0 Å². The summed E-state index contributed by atoms with van der Waals surface area (Å²) in [6.45, 7) is 3.96. The minimum atomic E-state index is -1.30. The van der Waals surface area contributed by atoms with E-state index >= 15 is 0 Å². The molecule has 2 heterocycles. The van der Waals surface area contributed by atoms with Crippen molar-refractivity contribution in [1.82, 2.24) is 15.2 Å². The molecular weight excluding hydrogens is 370 g/mol. The third kappa shape index (κ3) is 4.80. The molecule has 0 saturated carbocycles. The number of nitrogens with zero attached hydrogens (tertiary/aromatic N) is 2. The summed E-state index contributed by atoms with van der Waals surface area (Å²) >= 11 is 2.39. The molecule has 3 aromatic rings. The highest BCUT2D eigenvalue weighted by atomic mass is 32.2. The second-order valence-corrected chi connectivity index (χ2v) is 7.48. The molecule has 0 spiro atoms. The van der Waals surface area contributed by atoms with Crippen LogP contribution in [0.15, 0.2) is 60.9 Å². The van der Waals surface area contributed by atoms with Crippen molar-refractivity contribution < 1.29 is 14.3 Å². The van der Waals surface area contributed by atoms with E-state index in [4.69, 9.17) is 4.42 Å². The zero-order valence-electron chi connectivity index (χ0n) is 14.2. The van der Waals surface area contributed by atoms with Crippen LogP contribution in [0.1, 0.15) is 24.1 Å². The van der Waals surface area contributed by atoms with Crippen LogP contribution in [0.5, 0.6) is 0 Å². The van der Waals surface area contributed by atoms with Gasteiger partial charge in [0.05, 0.1) is 5.97 Å². The lowest BCUT2D eigenvalue weighted by atomic mass is 10.2. The van der Waals surface area contributed by atoms with Gasteiger partial charge in [-0.2, -0.15) is 0 Å². The minimum Gasteiger partial charge on any atom is -0.544 e. The molecule has 1 aromatic carbocycles. The molecule has 0 aliphatic heterocycles. The van der Waals surface area contributed by atoms with E-state index in [1.807, 2.05) is 38.1 Å². The summed E-state index contributed by atoms with van der Waals surface area (Å²) < 4.78 is 5.70. The van der Waals surface area contributed by atoms with Gasteiger partial charge in [0.15, 0.2) is 5.09 Å². The number of carboxylic acid groups (broad SMARTS) is 1. The standard InChI is InChI=1S/C18H17N3O3S2/c1-3-15-19-18(21-20-15)26-14(17(22)23)10-12-6-9-16(24-12)25-13-7-4-11(2)5-8-13/h4-10H,3H2,1-2H3,(H,22,23)(H,19,20,21)/p-1/b14-10-. The molecule has 1 N–H and O–H groups in total. The van der Waals surface area contributed by atoms with Crippen LogP contribution in [-0.4, -0.2) is 21.2 Å². The van der Waals surface area contributed by atoms with Gasteiger partial charge in [0.1, 0.15) is 11.6 Å². The highest BCUT2D eigenvalue weighted by Crippen LogP contribution is 2.31. The van der Waals surface area contributed by atoms with E-state index in [1.54, 1.807) is 12.1 Å². The van der Waals surface area contributed by atoms with Crippen LogP contribution in [0.3, 0.4) is 0 Å². The van der Waals surface area contributed by atoms with Gasteiger partial charge in [0.25, 0.3) is 0 Å². The Morgan fingerprint density at radius 3 is 2.69 bits per heavy atom. The summed E-state index contributed by atoms with van der Waals surface area (Å²) in [5.74, 6) is -0.181. The van der Waals surface area contributed by atoms with Gasteiger partial charge in [0, 0.05) is 16.2 Å². The summed E-state index contributed by atoms with van der Waals surface area (Å²) in [4.78, 5) is 16.6. The average Bonchev–Trinajstić information content (AvgIpc) is 3.25. The normalized spacial score (nSPS) is 11.7. The van der Waals surface area contributed by atoms with Crippen molar-refractivity contribution >= 4 is 35.6 Å². The van der Waals surface area contributed by atoms with Crippen LogP contribution in [0, 0.1) is 6.92 Å². The number of rotatable bonds is 7. The molecule has 0 aliphatic carbocycles. The maximum atomic E-state index is 11.4. The summed E-state index contributed by atoms with van der Waals surface area (Å²) in [5, 5.41) is 19.1. The van der Waals surface area contributed by atoms with E-state index in [9.17, 15) is 9.90 Å². The molecule has 0 unspecified atom stereocenters. The number of aliphatic carboxylic acids is 1. The lowest BCUT2D eigenvalue weighted by Crippen LogP contribution is -2.23. The fourth-order valence-electron chi connectivity index (χ4n) is 2.03. The Kier molecular flexibility index (Phi) is 5.85. The lowest BCUT2D eigenvalue weighted by Gasteiger charge is -2.04. The van der Waals surface area contributed by atoms with E-state index in [2.05, 4.69) is 15.2 Å². The number of aryl methyl sites for hydroxylation is 2. The molecule has 0 aliphatic rings. The van der Waals surface area contributed by atoms with Gasteiger partial charge in [-0.3, -0.25) is 5.10 Å². The third-order valence-corrected chi connectivity index (χ3v) is 5.16. The van der Waals surface area contributed by atoms with Crippen molar-refractivity contribution in [1.29, 1.82) is 0 Å². The van der Waals surface area contributed by atoms with E-state index in [1.165, 1.54) is 23.4 Å². The minimum absolute atomic E-state index is 0.0205. The second-order valence-electron chi connectivity index (χ2n) is 5.39. The summed E-state index contributed by atoms with van der Waals surface area (Å²) in [6, 6.07) is 11.6. The highest BCUT2D eigenvalue weighted by Gasteiger charge is 2.10. The molecule has 26 heavy (non-hydrogen) atoms. The van der Waals surface area contributed by atoms with Crippen LogP contribution in [0.2, 0.25) is 0 Å². The van der Waals surface area contributed by atoms with E-state index in [0.29, 0.717) is 28.3 Å². The first-order valence-electron chi connectivity index (χ1n) is 7.90. The highest BCUT2D eigenvalue weighted by molar-refractivity contribution is 8.04. The Morgan fingerprint density at radius 2 is 2.04 bits per heavy atom. The van der Waals surface area contributed by atoms with Gasteiger partial charge in [-0.1, -0.05) is 36.4 Å². The van der Waals surface area contributed by atoms with Crippen LogP contribution in [0.25, 0.3) is 6.08 Å². The van der Waals surface area contributed by atoms with Crippen molar-refractivity contribution in [2.24, 2.45) is 0 Å². The zero-order chi connectivity index (χ0) is 18.5. The molecule has 2 aromatic heterocycles. The predicted molar refractivity (Wildman–Crippen MR) is 98.6 cm³/mol. The number of aromatic amines is 1. The molecule has 134 valence electrons. The fourth-order valence-corrected chi connectivity index (χ4v) is 3.51. The first-order valence-corrected chi connectivity index (χ1v) is 9.53. The number of carbonyl (C=O) groups excluding carboxylic acids is 1. The molecule has 8 heteroatoms. The molecule has 6 nitrogen and oxygen atoms in total. The monoisotopic (exact) mass is 386 g/mol. The Bertz CT molecular complexity index is 929. The van der Waals surface area contributed by atoms with Gasteiger partial charge < -0.3 is 14.3 Å². The molecule has 0 saturated heterocycles. The topological polar surface area (TPSA) is 94.8 Å². The van der Waals surface area contributed by atoms with Gasteiger partial charge in [-0.15, -0.1) is 5.10 Å². The van der Waals surface area contributed by atoms with Crippen molar-refractivity contribution in [3.8, 4) is 0 Å². The molecular formula is C18H16N3O3S2-. The first kappa shape index (κ1) is 18.3. The number of H-pyrrole nitrogens is 1. The SMILES string of the molecule is CCc1nc(S/C(=C\c2ccc(Sc3ccc(C)cc3)o2)C(=O)[O-])n[nH]1. The molecule has 0 bridgehead atoms. The number of hydrogen-bond acceptors (Lipinski definition) is 7. The third-order valence-electron chi connectivity index (χ3n) is 3.36. The van der Waals surface area contributed by atoms with Crippen molar-refractivity contribution in [3.05, 3.63) is 58.5 Å². The predicted octanol–water partition coefficient (Wildman–Crippen LogP) is 3.30. The zero-order valence-corrected chi connectivity index (χ0v) is 15.8. The van der Waals surface area contributed by atoms with Gasteiger partial charge in [-0.25, -0.2) is 4.98 Å². The molecule has 0 atom stereocenters. The van der Waals surface area contributed by atoms with Crippen molar-refractivity contribution in [3.63, 3.8) is 0 Å². The molecule has 0 radical (unpaired) electrons. The van der Waals surface area contributed by atoms with E-state index < -0.39 is 5.97 Å². The second kappa shape index (κ2) is 8.29. The Morgan fingerprint density at radius 1 is 1.27 bits per heavy atom. The number of nitrogens with one attached hydrogen (secondary N) is 1. The largest absolute Gasteiger partial charge is 0.544 e. The quantitative estimate of drug-likeness (QED) is 0.492. The summed E-state index contributed by atoms with van der Waals surface area (Å²) in [6.07, 6.45) is 2.11. The van der Waals surface area contributed by atoms with Gasteiger partial charge >= 0.3 is 0 Å². The maximum absolute atomic E-state index is 11.4. The Labute approximate surface area is 159 Å². The number of hydrogen-bond donors (Lipinski definition) is 1. The fraction of sp³-hybridized carbons (Fsp3) is 0.167. The van der Waals surface area contributed by atoms with Crippen molar-refractivity contribution in [2.45, 2.75) is 35.4 Å². The smallest absolute Gasteiger partial charge is 0.213 e. The summed E-state index contributed by atoms with van der Waals surface area (Å²) in [5.41, 5.74) is 1.19. The number of carbonyl (C=O) groups is 1. The van der Waals surface area contributed by atoms with Crippen LogP contribution < -0.4 is 5.11 Å². The lowest BCUT2D eigenvalue weighted by molar-refractivity contribution is -0.298. The maximum Gasteiger partial charge on any atom is 0.213 e. The average molecular weight is 386 g/mol. The van der Waals surface area contributed by atoms with Gasteiger partial charge in [-0.05, 0) is 49.0 Å². The van der Waals surface area contributed by atoms with Crippen molar-refractivity contribution in [2.75, 3.05) is 0 Å². The Balaban J connectivity index is 1.74. The first-order chi connectivity index (χ1) is 12.5. The number of benzene rings is 1. The molecule has 3 rings (SSSR count). The van der Waals surface area contributed by atoms with Crippen LogP contribution in [-0.2, 0) is 11.2 Å². The number of carboxylic acids is 1. The van der Waals surface area contributed by atoms with E-state index in [0.717, 1.165) is 16.7 Å². The van der Waals surface area contributed by atoms with Crippen LogP contribution >= 0.6 is 23.5 Å². The number of furan rings is 1. The van der Waals surface area contributed by atoms with E-state index in [-0.39, 0.29) is 4.91 Å². The van der Waals surface area contributed by atoms with Gasteiger partial charge in [0.2, 0.25) is 5.16 Å².